The second kappa shape index (κ2) is 4.13. The fourth-order valence-corrected chi connectivity index (χ4v) is 2.29. The average Bonchev–Trinajstić information content (AvgIpc) is 2.42. The predicted octanol–water partition coefficient (Wildman–Crippen LogP) is 1.32. The molecule has 1 amide bonds. The molecule has 0 aromatic rings. The van der Waals surface area contributed by atoms with Gasteiger partial charge in [0.2, 0.25) is 5.91 Å². The van der Waals surface area contributed by atoms with E-state index in [1.165, 1.54) is 0 Å². The van der Waals surface area contributed by atoms with E-state index in [2.05, 4.69) is 13.5 Å². The molecule has 1 heterocycles. The molecule has 1 rings (SSSR count). The zero-order chi connectivity index (χ0) is 10.8. The molecule has 2 atom stereocenters. The number of aliphatic hydroxyl groups is 1. The van der Waals surface area contributed by atoms with Gasteiger partial charge in [-0.1, -0.05) is 6.08 Å². The zero-order valence-corrected chi connectivity index (χ0v) is 8.99. The largest absolute Gasteiger partial charge is 0.394 e. The molecule has 80 valence electrons. The van der Waals surface area contributed by atoms with Crippen LogP contribution in [0.2, 0.25) is 0 Å². The fraction of sp³-hybridized carbons (Fsp3) is 0.727. The van der Waals surface area contributed by atoms with E-state index in [1.54, 1.807) is 0 Å². The Hall–Kier alpha value is -0.830. The molecule has 1 N–H and O–H groups in total. The maximum atomic E-state index is 11.6. The van der Waals surface area contributed by atoms with Gasteiger partial charge in [-0.05, 0) is 26.7 Å². The SMILES string of the molecule is C=CC[C@@]1(C)CCC(=O)N1[C@H](C)CO. The van der Waals surface area contributed by atoms with E-state index in [0.717, 1.165) is 12.8 Å². The maximum Gasteiger partial charge on any atom is 0.223 e. The van der Waals surface area contributed by atoms with Crippen LogP contribution in [0.4, 0.5) is 0 Å². The van der Waals surface area contributed by atoms with Crippen LogP contribution in [0.25, 0.3) is 0 Å². The molecule has 1 aliphatic rings. The normalized spacial score (nSPS) is 29.4. The standard InChI is InChI=1S/C11H19NO2/c1-4-6-11(3)7-5-10(14)12(11)9(2)8-13/h4,9,13H,1,5-8H2,2-3H3/t9-,11+/m1/s1. The van der Waals surface area contributed by atoms with Crippen LogP contribution in [-0.2, 0) is 4.79 Å². The zero-order valence-electron chi connectivity index (χ0n) is 8.99. The van der Waals surface area contributed by atoms with Crippen molar-refractivity contribution in [2.24, 2.45) is 0 Å². The van der Waals surface area contributed by atoms with Crippen LogP contribution < -0.4 is 0 Å². The van der Waals surface area contributed by atoms with Crippen LogP contribution in [0.5, 0.6) is 0 Å². The first-order valence-electron chi connectivity index (χ1n) is 5.09. The molecule has 0 saturated carbocycles. The molecule has 0 bridgehead atoms. The molecular formula is C11H19NO2. The molecule has 3 heteroatoms. The number of amides is 1. The molecule has 0 aliphatic carbocycles. The Morgan fingerprint density at radius 1 is 1.79 bits per heavy atom. The third-order valence-corrected chi connectivity index (χ3v) is 3.02. The van der Waals surface area contributed by atoms with Gasteiger partial charge >= 0.3 is 0 Å². The van der Waals surface area contributed by atoms with Crippen LogP contribution in [-0.4, -0.2) is 34.1 Å². The summed E-state index contributed by atoms with van der Waals surface area (Å²) < 4.78 is 0. The van der Waals surface area contributed by atoms with Crippen LogP contribution >= 0.6 is 0 Å². The summed E-state index contributed by atoms with van der Waals surface area (Å²) in [5.74, 6) is 0.149. The number of nitrogens with zero attached hydrogens (tertiary/aromatic N) is 1. The van der Waals surface area contributed by atoms with E-state index in [4.69, 9.17) is 5.11 Å². The van der Waals surface area contributed by atoms with Crippen molar-refractivity contribution in [1.29, 1.82) is 0 Å². The summed E-state index contributed by atoms with van der Waals surface area (Å²) in [6.45, 7) is 7.68. The van der Waals surface area contributed by atoms with Gasteiger partial charge in [0.1, 0.15) is 0 Å². The average molecular weight is 197 g/mol. The lowest BCUT2D eigenvalue weighted by Gasteiger charge is -2.38. The van der Waals surface area contributed by atoms with Gasteiger partial charge in [0, 0.05) is 12.0 Å². The van der Waals surface area contributed by atoms with E-state index >= 15 is 0 Å². The Kier molecular flexibility index (Phi) is 3.32. The van der Waals surface area contributed by atoms with Gasteiger partial charge in [-0.2, -0.15) is 0 Å². The quantitative estimate of drug-likeness (QED) is 0.691. The summed E-state index contributed by atoms with van der Waals surface area (Å²) >= 11 is 0. The third-order valence-electron chi connectivity index (χ3n) is 3.02. The molecule has 14 heavy (non-hydrogen) atoms. The highest BCUT2D eigenvalue weighted by Crippen LogP contribution is 2.34. The van der Waals surface area contributed by atoms with Crippen LogP contribution in [0, 0.1) is 0 Å². The summed E-state index contributed by atoms with van der Waals surface area (Å²) in [5, 5.41) is 9.09. The van der Waals surface area contributed by atoms with E-state index in [-0.39, 0.29) is 24.1 Å². The third kappa shape index (κ3) is 1.82. The van der Waals surface area contributed by atoms with E-state index in [1.807, 2.05) is 17.9 Å². The highest BCUT2D eigenvalue weighted by atomic mass is 16.3. The van der Waals surface area contributed by atoms with Gasteiger partial charge in [-0.25, -0.2) is 0 Å². The molecule has 1 saturated heterocycles. The highest BCUT2D eigenvalue weighted by molar-refractivity contribution is 5.80. The molecule has 3 nitrogen and oxygen atoms in total. The Balaban J connectivity index is 2.85. The smallest absolute Gasteiger partial charge is 0.223 e. The minimum absolute atomic E-state index is 0.0263. The molecular weight excluding hydrogens is 178 g/mol. The number of carbonyl (C=O) groups is 1. The lowest BCUT2D eigenvalue weighted by molar-refractivity contribution is -0.134. The minimum atomic E-state index is -0.138. The van der Waals surface area contributed by atoms with Gasteiger partial charge in [0.05, 0.1) is 12.6 Å². The van der Waals surface area contributed by atoms with Crippen molar-refractivity contribution in [3.63, 3.8) is 0 Å². The lowest BCUT2D eigenvalue weighted by atomic mass is 9.93. The summed E-state index contributed by atoms with van der Waals surface area (Å²) in [5.41, 5.74) is -0.138. The van der Waals surface area contributed by atoms with Crippen LogP contribution in [0.3, 0.4) is 0 Å². The Bertz CT molecular complexity index is 239. The molecule has 0 spiro atoms. The lowest BCUT2D eigenvalue weighted by Crippen LogP contribution is -2.49. The van der Waals surface area contributed by atoms with Crippen LogP contribution in [0.1, 0.15) is 33.1 Å². The monoisotopic (exact) mass is 197 g/mol. The highest BCUT2D eigenvalue weighted by Gasteiger charge is 2.42. The second-order valence-electron chi connectivity index (χ2n) is 4.29. The van der Waals surface area contributed by atoms with E-state index in [0.29, 0.717) is 6.42 Å². The fourth-order valence-electron chi connectivity index (χ4n) is 2.29. The summed E-state index contributed by atoms with van der Waals surface area (Å²) in [7, 11) is 0. The number of aliphatic hydroxyl groups excluding tert-OH is 1. The molecule has 0 unspecified atom stereocenters. The topological polar surface area (TPSA) is 40.5 Å². The Morgan fingerprint density at radius 2 is 2.43 bits per heavy atom. The van der Waals surface area contributed by atoms with Crippen LogP contribution in [0.15, 0.2) is 12.7 Å². The van der Waals surface area contributed by atoms with Crippen molar-refractivity contribution in [2.75, 3.05) is 6.61 Å². The Morgan fingerprint density at radius 3 is 2.93 bits per heavy atom. The number of hydrogen-bond donors (Lipinski definition) is 1. The van der Waals surface area contributed by atoms with Gasteiger partial charge in [-0.15, -0.1) is 6.58 Å². The first kappa shape index (κ1) is 11.2. The molecule has 0 aromatic heterocycles. The molecule has 1 fully saturated rings. The van der Waals surface area contributed by atoms with Crippen molar-refractivity contribution in [3.8, 4) is 0 Å². The van der Waals surface area contributed by atoms with Gasteiger partial charge in [0.15, 0.2) is 0 Å². The first-order valence-corrected chi connectivity index (χ1v) is 5.09. The number of hydrogen-bond acceptors (Lipinski definition) is 2. The van der Waals surface area contributed by atoms with Gasteiger partial charge in [0.25, 0.3) is 0 Å². The molecule has 0 radical (unpaired) electrons. The minimum Gasteiger partial charge on any atom is -0.394 e. The number of likely N-dealkylation sites (tertiary alicyclic amines) is 1. The second-order valence-corrected chi connectivity index (χ2v) is 4.29. The first-order chi connectivity index (χ1) is 6.55. The van der Waals surface area contributed by atoms with Crippen molar-refractivity contribution in [3.05, 3.63) is 12.7 Å². The van der Waals surface area contributed by atoms with E-state index < -0.39 is 0 Å². The maximum absolute atomic E-state index is 11.6. The van der Waals surface area contributed by atoms with E-state index in [9.17, 15) is 4.79 Å². The number of carbonyl (C=O) groups excluding carboxylic acids is 1. The van der Waals surface area contributed by atoms with Gasteiger partial charge < -0.3 is 10.0 Å². The van der Waals surface area contributed by atoms with Crippen molar-refractivity contribution in [1.82, 2.24) is 4.90 Å². The summed E-state index contributed by atoms with van der Waals surface area (Å²) in [4.78, 5) is 13.5. The predicted molar refractivity (Wildman–Crippen MR) is 55.8 cm³/mol. The van der Waals surface area contributed by atoms with Crippen molar-refractivity contribution in [2.45, 2.75) is 44.7 Å². The molecule has 0 aromatic carbocycles. The summed E-state index contributed by atoms with van der Waals surface area (Å²) in [6.07, 6.45) is 4.09. The van der Waals surface area contributed by atoms with Crippen molar-refractivity contribution >= 4 is 5.91 Å². The summed E-state index contributed by atoms with van der Waals surface area (Å²) in [6, 6.07) is -0.0880. The number of rotatable bonds is 4. The molecule has 1 aliphatic heterocycles. The Labute approximate surface area is 85.4 Å². The van der Waals surface area contributed by atoms with Gasteiger partial charge in [-0.3, -0.25) is 4.79 Å². The van der Waals surface area contributed by atoms with Crippen molar-refractivity contribution < 1.29 is 9.90 Å².